The van der Waals surface area contributed by atoms with Gasteiger partial charge in [-0.2, -0.15) is 5.10 Å². The summed E-state index contributed by atoms with van der Waals surface area (Å²) >= 11 is 6.27. The maximum atomic E-state index is 13.6. The molecule has 1 aliphatic carbocycles. The van der Waals surface area contributed by atoms with E-state index in [1.54, 1.807) is 0 Å². The number of hydrogen-bond donors (Lipinski definition) is 1. The van der Waals surface area contributed by atoms with Gasteiger partial charge in [0.2, 0.25) is 0 Å². The van der Waals surface area contributed by atoms with E-state index in [4.69, 9.17) is 16.3 Å². The number of benzene rings is 3. The first kappa shape index (κ1) is 21.9. The molecule has 1 aromatic heterocycles. The second-order valence-electron chi connectivity index (χ2n) is 9.23. The van der Waals surface area contributed by atoms with Gasteiger partial charge in [0.05, 0.1) is 11.7 Å². The average Bonchev–Trinajstić information content (AvgIpc) is 3.62. The molecule has 0 saturated heterocycles. The number of fused-ring (bicyclic) bond motifs is 1. The molecule has 0 radical (unpaired) electrons. The second-order valence-corrected chi connectivity index (χ2v) is 9.64. The Kier molecular flexibility index (Phi) is 5.78. The minimum absolute atomic E-state index is 0.0469. The number of amides is 1. The Bertz CT molecular complexity index is 1340. The van der Waals surface area contributed by atoms with Crippen LogP contribution < -0.4 is 4.74 Å². The molecule has 176 valence electrons. The number of nitrogens with one attached hydrogen (secondary N) is 1. The Labute approximate surface area is 209 Å². The first-order valence-electron chi connectivity index (χ1n) is 12.1. The van der Waals surface area contributed by atoms with E-state index in [0.29, 0.717) is 17.3 Å². The van der Waals surface area contributed by atoms with E-state index in [1.165, 1.54) is 0 Å². The normalized spacial score (nSPS) is 17.7. The van der Waals surface area contributed by atoms with Crippen LogP contribution in [0.2, 0.25) is 5.02 Å². The third-order valence-corrected chi connectivity index (χ3v) is 7.49. The highest BCUT2D eigenvalue weighted by Crippen LogP contribution is 2.46. The molecule has 0 bridgehead atoms. The third-order valence-electron chi connectivity index (χ3n) is 7.12. The molecule has 1 fully saturated rings. The van der Waals surface area contributed by atoms with Crippen molar-refractivity contribution in [3.05, 3.63) is 106 Å². The van der Waals surface area contributed by atoms with Gasteiger partial charge in [0.1, 0.15) is 18.1 Å². The summed E-state index contributed by atoms with van der Waals surface area (Å²) in [5, 5.41) is 8.33. The van der Waals surface area contributed by atoms with Crippen LogP contribution in [0.15, 0.2) is 78.9 Å². The van der Waals surface area contributed by atoms with Gasteiger partial charge in [0.25, 0.3) is 5.91 Å². The lowest BCUT2D eigenvalue weighted by Crippen LogP contribution is -2.37. The molecule has 2 aliphatic rings. The number of carbonyl (C=O) groups is 1. The van der Waals surface area contributed by atoms with Crippen LogP contribution in [0.5, 0.6) is 5.75 Å². The Morgan fingerprint density at radius 1 is 0.943 bits per heavy atom. The van der Waals surface area contributed by atoms with Gasteiger partial charge in [-0.05, 0) is 36.6 Å². The smallest absolute Gasteiger partial charge is 0.273 e. The quantitative estimate of drug-likeness (QED) is 0.328. The number of hydrogen-bond acceptors (Lipinski definition) is 3. The lowest BCUT2D eigenvalue weighted by atomic mass is 9.95. The molecule has 1 saturated carbocycles. The van der Waals surface area contributed by atoms with Crippen LogP contribution in [0.1, 0.15) is 58.9 Å². The van der Waals surface area contributed by atoms with Crippen LogP contribution in [-0.2, 0) is 6.61 Å². The van der Waals surface area contributed by atoms with Gasteiger partial charge >= 0.3 is 0 Å². The molecule has 1 aliphatic heterocycles. The molecule has 0 spiro atoms. The minimum atomic E-state index is -0.174. The zero-order valence-corrected chi connectivity index (χ0v) is 20.0. The van der Waals surface area contributed by atoms with Gasteiger partial charge < -0.3 is 9.64 Å². The van der Waals surface area contributed by atoms with Crippen molar-refractivity contribution in [3.63, 3.8) is 0 Å². The molecule has 2 heterocycles. The maximum Gasteiger partial charge on any atom is 0.273 e. The van der Waals surface area contributed by atoms with E-state index < -0.39 is 0 Å². The van der Waals surface area contributed by atoms with Crippen molar-refractivity contribution in [2.24, 2.45) is 0 Å². The molecule has 6 heteroatoms. The van der Waals surface area contributed by atoms with Crippen molar-refractivity contribution in [1.82, 2.24) is 15.1 Å². The van der Waals surface area contributed by atoms with E-state index in [9.17, 15) is 4.79 Å². The van der Waals surface area contributed by atoms with Gasteiger partial charge in [0, 0.05) is 27.8 Å². The summed E-state index contributed by atoms with van der Waals surface area (Å²) in [6.45, 7) is 0.402. The van der Waals surface area contributed by atoms with E-state index in [2.05, 4.69) is 27.2 Å². The van der Waals surface area contributed by atoms with Crippen LogP contribution in [0.4, 0.5) is 0 Å². The number of halogens is 1. The Morgan fingerprint density at radius 3 is 2.40 bits per heavy atom. The zero-order valence-electron chi connectivity index (χ0n) is 19.3. The number of H-pyrrole nitrogens is 1. The van der Waals surface area contributed by atoms with Crippen LogP contribution in [0.3, 0.4) is 0 Å². The molecular formula is C29H26ClN3O2. The maximum absolute atomic E-state index is 13.6. The van der Waals surface area contributed by atoms with Crippen LogP contribution in [-0.4, -0.2) is 27.0 Å². The van der Waals surface area contributed by atoms with Gasteiger partial charge in [-0.1, -0.05) is 85.1 Å². The van der Waals surface area contributed by atoms with Crippen LogP contribution in [0, 0.1) is 0 Å². The molecule has 35 heavy (non-hydrogen) atoms. The number of aromatic nitrogens is 2. The second kappa shape index (κ2) is 9.23. The summed E-state index contributed by atoms with van der Waals surface area (Å²) < 4.78 is 6.00. The molecular weight excluding hydrogens is 458 g/mol. The summed E-state index contributed by atoms with van der Waals surface area (Å²) in [7, 11) is 0. The summed E-state index contributed by atoms with van der Waals surface area (Å²) in [6, 6.07) is 25.9. The number of ether oxygens (including phenoxy) is 1. The first-order chi connectivity index (χ1) is 17.2. The van der Waals surface area contributed by atoms with Gasteiger partial charge in [0.15, 0.2) is 0 Å². The first-order valence-corrected chi connectivity index (χ1v) is 12.5. The van der Waals surface area contributed by atoms with Crippen LogP contribution in [0.25, 0.3) is 11.3 Å². The standard InChI is InChI=1S/C29H26ClN3O2/c30-24-13-7-4-10-21(24)18-35-23-16-14-20(15-17-23)28-25-26(19-8-2-1-3-9-19)31-32-27(25)29(34)33(28)22-11-5-6-12-22/h1-4,7-10,13-17,22,28H,5-6,11-12,18H2,(H,31,32). The topological polar surface area (TPSA) is 58.2 Å². The summed E-state index contributed by atoms with van der Waals surface area (Å²) in [5.74, 6) is 0.812. The number of nitrogens with zero attached hydrogens (tertiary/aromatic N) is 2. The van der Waals surface area contributed by atoms with E-state index in [-0.39, 0.29) is 18.0 Å². The number of aromatic amines is 1. The van der Waals surface area contributed by atoms with Gasteiger partial charge in [-0.25, -0.2) is 0 Å². The third kappa shape index (κ3) is 4.00. The monoisotopic (exact) mass is 483 g/mol. The summed E-state index contributed by atoms with van der Waals surface area (Å²) in [5.41, 5.74) is 5.45. The van der Waals surface area contributed by atoms with E-state index in [0.717, 1.165) is 59.4 Å². The fourth-order valence-electron chi connectivity index (χ4n) is 5.39. The van der Waals surface area contributed by atoms with E-state index in [1.807, 2.05) is 66.7 Å². The fourth-order valence-corrected chi connectivity index (χ4v) is 5.58. The molecule has 3 aromatic carbocycles. The highest BCUT2D eigenvalue weighted by molar-refractivity contribution is 6.31. The molecule has 4 aromatic rings. The lowest BCUT2D eigenvalue weighted by Gasteiger charge is -2.32. The van der Waals surface area contributed by atoms with Gasteiger partial charge in [-0.3, -0.25) is 9.89 Å². The SMILES string of the molecule is O=C1c2[nH]nc(-c3ccccc3)c2C(c2ccc(OCc3ccccc3Cl)cc2)N1C1CCCC1. The largest absolute Gasteiger partial charge is 0.489 e. The zero-order chi connectivity index (χ0) is 23.8. The molecule has 1 atom stereocenters. The molecule has 1 amide bonds. The van der Waals surface area contributed by atoms with Crippen molar-refractivity contribution in [1.29, 1.82) is 0 Å². The van der Waals surface area contributed by atoms with Crippen molar-refractivity contribution in [3.8, 4) is 17.0 Å². The fraction of sp³-hybridized carbons (Fsp3) is 0.241. The minimum Gasteiger partial charge on any atom is -0.489 e. The number of carbonyl (C=O) groups excluding carboxylic acids is 1. The number of rotatable bonds is 6. The predicted octanol–water partition coefficient (Wildman–Crippen LogP) is 6.80. The molecule has 5 nitrogen and oxygen atoms in total. The Balaban J connectivity index is 1.34. The lowest BCUT2D eigenvalue weighted by molar-refractivity contribution is 0.0660. The molecule has 1 unspecified atom stereocenters. The van der Waals surface area contributed by atoms with Crippen LogP contribution >= 0.6 is 11.6 Å². The molecule has 1 N–H and O–H groups in total. The molecule has 6 rings (SSSR count). The summed E-state index contributed by atoms with van der Waals surface area (Å²) in [4.78, 5) is 15.7. The Morgan fingerprint density at radius 2 is 1.66 bits per heavy atom. The van der Waals surface area contributed by atoms with Crippen molar-refractivity contribution >= 4 is 17.5 Å². The van der Waals surface area contributed by atoms with Gasteiger partial charge in [-0.15, -0.1) is 0 Å². The summed E-state index contributed by atoms with van der Waals surface area (Å²) in [6.07, 6.45) is 4.40. The highest BCUT2D eigenvalue weighted by atomic mass is 35.5. The van der Waals surface area contributed by atoms with Crippen molar-refractivity contribution in [2.75, 3.05) is 0 Å². The predicted molar refractivity (Wildman–Crippen MR) is 137 cm³/mol. The van der Waals surface area contributed by atoms with E-state index >= 15 is 0 Å². The van der Waals surface area contributed by atoms with Crippen molar-refractivity contribution < 1.29 is 9.53 Å². The Hall–Kier alpha value is -3.57. The van der Waals surface area contributed by atoms with Crippen molar-refractivity contribution in [2.45, 2.75) is 44.4 Å². The highest BCUT2D eigenvalue weighted by Gasteiger charge is 2.45. The average molecular weight is 484 g/mol.